The van der Waals surface area contributed by atoms with Gasteiger partial charge in [0.2, 0.25) is 5.91 Å². The lowest BCUT2D eigenvalue weighted by atomic mass is 10.1. The van der Waals surface area contributed by atoms with E-state index in [1.165, 1.54) is 0 Å². The number of nitrogen functional groups attached to an aromatic ring is 1. The molecule has 0 bridgehead atoms. The fourth-order valence-corrected chi connectivity index (χ4v) is 2.21. The van der Waals surface area contributed by atoms with Crippen molar-refractivity contribution in [3.05, 3.63) is 59.7 Å². The van der Waals surface area contributed by atoms with Crippen molar-refractivity contribution in [3.8, 4) is 0 Å². The Balaban J connectivity index is 1.91. The predicted octanol–water partition coefficient (Wildman–Crippen LogP) is 1.89. The zero-order valence-electron chi connectivity index (χ0n) is 12.8. The van der Waals surface area contributed by atoms with Crippen LogP contribution in [0.15, 0.2) is 42.5 Å². The average Bonchev–Trinajstić information content (AvgIpc) is 2.52. The SMILES string of the molecule is Nc1ccccc1NCC(=O)N[C@H](C=O)Cc1cc(F)cc(F)c1. The van der Waals surface area contributed by atoms with E-state index in [4.69, 9.17) is 5.73 Å². The summed E-state index contributed by atoms with van der Waals surface area (Å²) in [4.78, 5) is 23.0. The van der Waals surface area contributed by atoms with Crippen LogP contribution in [0.5, 0.6) is 0 Å². The van der Waals surface area contributed by atoms with Gasteiger partial charge in [-0.15, -0.1) is 0 Å². The number of amides is 1. The topological polar surface area (TPSA) is 84.2 Å². The number of benzene rings is 2. The van der Waals surface area contributed by atoms with E-state index in [2.05, 4.69) is 10.6 Å². The van der Waals surface area contributed by atoms with E-state index in [1.807, 2.05) is 0 Å². The highest BCUT2D eigenvalue weighted by Gasteiger charge is 2.13. The molecule has 2 aromatic carbocycles. The fourth-order valence-electron chi connectivity index (χ4n) is 2.21. The summed E-state index contributed by atoms with van der Waals surface area (Å²) in [6.07, 6.45) is 0.523. The highest BCUT2D eigenvalue weighted by atomic mass is 19.1. The minimum Gasteiger partial charge on any atom is -0.397 e. The number of hydrogen-bond donors (Lipinski definition) is 3. The van der Waals surface area contributed by atoms with Gasteiger partial charge >= 0.3 is 0 Å². The summed E-state index contributed by atoms with van der Waals surface area (Å²) < 4.78 is 26.3. The molecule has 0 saturated carbocycles. The summed E-state index contributed by atoms with van der Waals surface area (Å²) in [6, 6.07) is 9.04. The molecule has 126 valence electrons. The zero-order valence-corrected chi connectivity index (χ0v) is 12.8. The third-order valence-electron chi connectivity index (χ3n) is 3.29. The molecule has 0 aliphatic carbocycles. The highest BCUT2D eigenvalue weighted by molar-refractivity contribution is 5.84. The van der Waals surface area contributed by atoms with E-state index in [-0.39, 0.29) is 18.5 Å². The third kappa shape index (κ3) is 5.05. The Labute approximate surface area is 137 Å². The number of carbonyl (C=O) groups excluding carboxylic acids is 2. The molecule has 2 rings (SSSR count). The van der Waals surface area contributed by atoms with Crippen molar-refractivity contribution in [1.29, 1.82) is 0 Å². The standard InChI is InChI=1S/C17H17F2N3O2/c18-12-5-11(6-13(19)8-12)7-14(10-23)22-17(24)9-21-16-4-2-1-3-15(16)20/h1-6,8,10,14,21H,7,9,20H2,(H,22,24)/t14-/m0/s1. The Kier molecular flexibility index (Phi) is 5.83. The maximum absolute atomic E-state index is 13.2. The summed E-state index contributed by atoms with van der Waals surface area (Å²) >= 11 is 0. The van der Waals surface area contributed by atoms with Gasteiger partial charge in [-0.25, -0.2) is 8.78 Å². The van der Waals surface area contributed by atoms with Crippen molar-refractivity contribution in [3.63, 3.8) is 0 Å². The second-order valence-electron chi connectivity index (χ2n) is 5.23. The minimum atomic E-state index is -0.881. The van der Waals surface area contributed by atoms with Crippen LogP contribution in [0.25, 0.3) is 0 Å². The first kappa shape index (κ1) is 17.4. The van der Waals surface area contributed by atoms with Crippen LogP contribution in [0.2, 0.25) is 0 Å². The maximum Gasteiger partial charge on any atom is 0.239 e. The number of anilines is 2. The molecule has 0 radical (unpaired) electrons. The first-order chi connectivity index (χ1) is 11.5. The highest BCUT2D eigenvalue weighted by Crippen LogP contribution is 2.16. The van der Waals surface area contributed by atoms with E-state index in [9.17, 15) is 18.4 Å². The number of carbonyl (C=O) groups is 2. The van der Waals surface area contributed by atoms with Crippen molar-refractivity contribution in [1.82, 2.24) is 5.32 Å². The summed E-state index contributed by atoms with van der Waals surface area (Å²) in [6.45, 7) is -0.0872. The van der Waals surface area contributed by atoms with Crippen molar-refractivity contribution in [2.24, 2.45) is 0 Å². The smallest absolute Gasteiger partial charge is 0.239 e. The summed E-state index contributed by atoms with van der Waals surface area (Å²) in [5, 5.41) is 5.34. The molecule has 1 amide bonds. The van der Waals surface area contributed by atoms with Gasteiger partial charge in [-0.05, 0) is 36.2 Å². The molecule has 2 aromatic rings. The number of nitrogens with one attached hydrogen (secondary N) is 2. The van der Waals surface area contributed by atoms with Gasteiger partial charge in [-0.1, -0.05) is 12.1 Å². The molecule has 7 heteroatoms. The fraction of sp³-hybridized carbons (Fsp3) is 0.176. The van der Waals surface area contributed by atoms with Crippen LogP contribution in [0.4, 0.5) is 20.2 Å². The van der Waals surface area contributed by atoms with Crippen molar-refractivity contribution < 1.29 is 18.4 Å². The Morgan fingerprint density at radius 3 is 2.46 bits per heavy atom. The number of nitrogens with two attached hydrogens (primary N) is 1. The van der Waals surface area contributed by atoms with Gasteiger partial charge in [-0.2, -0.15) is 0 Å². The first-order valence-electron chi connectivity index (χ1n) is 7.26. The first-order valence-corrected chi connectivity index (χ1v) is 7.26. The Morgan fingerprint density at radius 1 is 1.17 bits per heavy atom. The molecule has 0 unspecified atom stereocenters. The second kappa shape index (κ2) is 8.05. The average molecular weight is 333 g/mol. The number of para-hydroxylation sites is 2. The van der Waals surface area contributed by atoms with Gasteiger partial charge < -0.3 is 21.2 Å². The minimum absolute atomic E-state index is 0.00258. The van der Waals surface area contributed by atoms with E-state index in [1.54, 1.807) is 24.3 Å². The van der Waals surface area contributed by atoms with Crippen LogP contribution in [-0.2, 0) is 16.0 Å². The molecule has 0 aliphatic rings. The number of hydrogen-bond acceptors (Lipinski definition) is 4. The van der Waals surface area contributed by atoms with Gasteiger partial charge in [-0.3, -0.25) is 4.79 Å². The van der Waals surface area contributed by atoms with Gasteiger partial charge in [0.05, 0.1) is 24.0 Å². The molecular formula is C17H17F2N3O2. The molecule has 0 heterocycles. The quantitative estimate of drug-likeness (QED) is 0.534. The van der Waals surface area contributed by atoms with Crippen molar-refractivity contribution in [2.75, 3.05) is 17.6 Å². The van der Waals surface area contributed by atoms with Crippen LogP contribution in [0.3, 0.4) is 0 Å². The molecular weight excluding hydrogens is 316 g/mol. The lowest BCUT2D eigenvalue weighted by molar-refractivity contribution is -0.122. The molecule has 0 aromatic heterocycles. The number of rotatable bonds is 7. The van der Waals surface area contributed by atoms with Crippen LogP contribution >= 0.6 is 0 Å². The molecule has 0 spiro atoms. The molecule has 1 atom stereocenters. The van der Waals surface area contributed by atoms with E-state index < -0.39 is 23.6 Å². The van der Waals surface area contributed by atoms with Crippen LogP contribution in [-0.4, -0.2) is 24.8 Å². The zero-order chi connectivity index (χ0) is 17.5. The van der Waals surface area contributed by atoms with E-state index in [0.717, 1.165) is 18.2 Å². The predicted molar refractivity (Wildman–Crippen MR) is 87.4 cm³/mol. The molecule has 0 aliphatic heterocycles. The van der Waals surface area contributed by atoms with E-state index in [0.29, 0.717) is 17.7 Å². The Bertz CT molecular complexity index is 717. The monoisotopic (exact) mass is 333 g/mol. The van der Waals surface area contributed by atoms with Crippen molar-refractivity contribution in [2.45, 2.75) is 12.5 Å². The van der Waals surface area contributed by atoms with Crippen LogP contribution < -0.4 is 16.4 Å². The summed E-state index contributed by atoms with van der Waals surface area (Å²) in [5.74, 6) is -1.91. The molecule has 24 heavy (non-hydrogen) atoms. The third-order valence-corrected chi connectivity index (χ3v) is 3.29. The normalized spacial score (nSPS) is 11.6. The Morgan fingerprint density at radius 2 is 1.83 bits per heavy atom. The molecule has 0 saturated heterocycles. The van der Waals surface area contributed by atoms with Gasteiger partial charge in [0, 0.05) is 6.07 Å². The molecule has 4 N–H and O–H groups in total. The van der Waals surface area contributed by atoms with Crippen molar-refractivity contribution >= 4 is 23.6 Å². The lowest BCUT2D eigenvalue weighted by Crippen LogP contribution is -2.40. The van der Waals surface area contributed by atoms with Crippen LogP contribution in [0.1, 0.15) is 5.56 Å². The molecule has 5 nitrogen and oxygen atoms in total. The van der Waals surface area contributed by atoms with E-state index >= 15 is 0 Å². The van der Waals surface area contributed by atoms with Crippen LogP contribution in [0, 0.1) is 11.6 Å². The summed E-state index contributed by atoms with van der Waals surface area (Å²) in [7, 11) is 0. The second-order valence-corrected chi connectivity index (χ2v) is 5.23. The number of aldehydes is 1. The molecule has 0 fully saturated rings. The lowest BCUT2D eigenvalue weighted by Gasteiger charge is -2.14. The number of halogens is 2. The Hall–Kier alpha value is -2.96. The maximum atomic E-state index is 13.2. The van der Waals surface area contributed by atoms with Gasteiger partial charge in [0.25, 0.3) is 0 Å². The van der Waals surface area contributed by atoms with Gasteiger partial charge in [0.1, 0.15) is 17.9 Å². The van der Waals surface area contributed by atoms with Gasteiger partial charge in [0.15, 0.2) is 0 Å². The summed E-state index contributed by atoms with van der Waals surface area (Å²) in [5.41, 5.74) is 7.12. The largest absolute Gasteiger partial charge is 0.397 e.